The van der Waals surface area contributed by atoms with E-state index in [1.54, 1.807) is 7.05 Å². The molecule has 0 aromatic carbocycles. The van der Waals surface area contributed by atoms with Crippen molar-refractivity contribution in [1.29, 1.82) is 0 Å². The van der Waals surface area contributed by atoms with Crippen molar-refractivity contribution in [2.75, 3.05) is 13.6 Å². The largest absolute Gasteiger partial charge is 0.352 e. The van der Waals surface area contributed by atoms with Crippen LogP contribution in [0.3, 0.4) is 0 Å². The lowest BCUT2D eigenvalue weighted by molar-refractivity contribution is -0.121. The number of urea groups is 1. The topological polar surface area (TPSA) is 61.4 Å². The summed E-state index contributed by atoms with van der Waals surface area (Å²) in [6.45, 7) is 3.91. The van der Waals surface area contributed by atoms with E-state index in [0.29, 0.717) is 0 Å². The Morgan fingerprint density at radius 3 is 2.41 bits per heavy atom. The summed E-state index contributed by atoms with van der Waals surface area (Å²) in [5.41, 5.74) is 0. The molecule has 0 heterocycles. The highest BCUT2D eigenvalue weighted by Crippen LogP contribution is 2.17. The minimum atomic E-state index is -0.157. The van der Waals surface area contributed by atoms with E-state index >= 15 is 0 Å². The number of likely N-dealkylation sites (N-methyl/N-ethyl adjacent to an activating group) is 1. The molecule has 1 saturated carbocycles. The van der Waals surface area contributed by atoms with Crippen molar-refractivity contribution in [3.63, 3.8) is 0 Å². The molecular formula is C12H23N3O2. The molecule has 0 aromatic rings. The van der Waals surface area contributed by atoms with Gasteiger partial charge in [-0.05, 0) is 26.7 Å². The van der Waals surface area contributed by atoms with Crippen LogP contribution in [0.2, 0.25) is 0 Å². The highest BCUT2D eigenvalue weighted by molar-refractivity contribution is 5.84. The number of hydrogen-bond donors (Lipinski definition) is 2. The zero-order chi connectivity index (χ0) is 12.8. The Kier molecular flexibility index (Phi) is 5.25. The van der Waals surface area contributed by atoms with Crippen molar-refractivity contribution < 1.29 is 9.59 Å². The molecular weight excluding hydrogens is 218 g/mol. The van der Waals surface area contributed by atoms with Gasteiger partial charge in [-0.3, -0.25) is 4.79 Å². The van der Waals surface area contributed by atoms with Crippen LogP contribution in [-0.4, -0.2) is 42.5 Å². The number of nitrogens with zero attached hydrogens (tertiary/aromatic N) is 1. The monoisotopic (exact) mass is 241 g/mol. The van der Waals surface area contributed by atoms with Crippen LogP contribution in [0, 0.1) is 0 Å². The van der Waals surface area contributed by atoms with Gasteiger partial charge in [0, 0.05) is 19.1 Å². The first-order valence-electron chi connectivity index (χ1n) is 6.30. The molecule has 0 saturated heterocycles. The summed E-state index contributed by atoms with van der Waals surface area (Å²) in [4.78, 5) is 24.7. The third-order valence-electron chi connectivity index (χ3n) is 2.86. The van der Waals surface area contributed by atoms with Crippen LogP contribution in [-0.2, 0) is 4.79 Å². The Hall–Kier alpha value is -1.26. The molecule has 0 bridgehead atoms. The van der Waals surface area contributed by atoms with E-state index in [-0.39, 0.29) is 30.6 Å². The van der Waals surface area contributed by atoms with Crippen LogP contribution in [0.4, 0.5) is 4.79 Å². The second-order valence-corrected chi connectivity index (χ2v) is 5.01. The lowest BCUT2D eigenvalue weighted by Gasteiger charge is -2.21. The van der Waals surface area contributed by atoms with E-state index in [4.69, 9.17) is 0 Å². The Balaban J connectivity index is 2.28. The Morgan fingerprint density at radius 1 is 1.29 bits per heavy atom. The number of amides is 3. The van der Waals surface area contributed by atoms with E-state index in [1.165, 1.54) is 17.7 Å². The Morgan fingerprint density at radius 2 is 1.88 bits per heavy atom. The molecule has 98 valence electrons. The maximum absolute atomic E-state index is 11.8. The highest BCUT2D eigenvalue weighted by atomic mass is 16.2. The third-order valence-corrected chi connectivity index (χ3v) is 2.86. The summed E-state index contributed by atoms with van der Waals surface area (Å²) >= 11 is 0. The van der Waals surface area contributed by atoms with E-state index < -0.39 is 0 Å². The molecule has 1 aliphatic rings. The first-order valence-corrected chi connectivity index (χ1v) is 6.30. The molecule has 2 N–H and O–H groups in total. The van der Waals surface area contributed by atoms with Gasteiger partial charge in [0.25, 0.3) is 0 Å². The van der Waals surface area contributed by atoms with Crippen LogP contribution in [0.15, 0.2) is 0 Å². The molecule has 5 heteroatoms. The van der Waals surface area contributed by atoms with Crippen LogP contribution < -0.4 is 10.6 Å². The standard InChI is InChI=1S/C12H23N3O2/c1-9(2)13-11(16)8-15(3)12(17)14-10-6-4-5-7-10/h9-10H,4-8H2,1-3H3,(H,13,16)(H,14,17). The second kappa shape index (κ2) is 6.47. The van der Waals surface area contributed by atoms with Gasteiger partial charge in [0.15, 0.2) is 0 Å². The van der Waals surface area contributed by atoms with E-state index in [1.807, 2.05) is 13.8 Å². The fourth-order valence-corrected chi connectivity index (χ4v) is 2.01. The number of carbonyl (C=O) groups excluding carboxylic acids is 2. The number of hydrogen-bond acceptors (Lipinski definition) is 2. The summed E-state index contributed by atoms with van der Waals surface area (Å²) in [5, 5.41) is 5.71. The van der Waals surface area contributed by atoms with Gasteiger partial charge in [0.2, 0.25) is 5.91 Å². The molecule has 0 aliphatic heterocycles. The molecule has 0 unspecified atom stereocenters. The maximum Gasteiger partial charge on any atom is 0.317 e. The fourth-order valence-electron chi connectivity index (χ4n) is 2.01. The maximum atomic E-state index is 11.8. The Bertz CT molecular complexity index is 273. The summed E-state index contributed by atoms with van der Waals surface area (Å²) < 4.78 is 0. The SMILES string of the molecule is CC(C)NC(=O)CN(C)C(=O)NC1CCCC1. The molecule has 1 aliphatic carbocycles. The lowest BCUT2D eigenvalue weighted by Crippen LogP contribution is -2.46. The van der Waals surface area contributed by atoms with Crippen molar-refractivity contribution in [2.24, 2.45) is 0 Å². The molecule has 0 atom stereocenters. The third kappa shape index (κ3) is 5.06. The van der Waals surface area contributed by atoms with Crippen molar-refractivity contribution >= 4 is 11.9 Å². The first-order chi connectivity index (χ1) is 7.99. The van der Waals surface area contributed by atoms with Crippen LogP contribution in [0.1, 0.15) is 39.5 Å². The van der Waals surface area contributed by atoms with Crippen molar-refractivity contribution in [1.82, 2.24) is 15.5 Å². The van der Waals surface area contributed by atoms with Crippen molar-refractivity contribution in [3.05, 3.63) is 0 Å². The summed E-state index contributed by atoms with van der Waals surface area (Å²) in [6.07, 6.45) is 4.47. The van der Waals surface area contributed by atoms with Crippen molar-refractivity contribution in [3.8, 4) is 0 Å². The second-order valence-electron chi connectivity index (χ2n) is 5.01. The molecule has 17 heavy (non-hydrogen) atoms. The lowest BCUT2D eigenvalue weighted by atomic mass is 10.2. The van der Waals surface area contributed by atoms with E-state index in [2.05, 4.69) is 10.6 Å². The molecule has 1 rings (SSSR count). The molecule has 0 radical (unpaired) electrons. The van der Waals surface area contributed by atoms with Gasteiger partial charge in [0.05, 0.1) is 0 Å². The molecule has 0 spiro atoms. The predicted molar refractivity (Wildman–Crippen MR) is 66.7 cm³/mol. The van der Waals surface area contributed by atoms with Crippen LogP contribution in [0.25, 0.3) is 0 Å². The average Bonchev–Trinajstić information content (AvgIpc) is 2.68. The smallest absolute Gasteiger partial charge is 0.317 e. The minimum absolute atomic E-state index is 0.105. The van der Waals surface area contributed by atoms with Gasteiger partial charge in [-0.2, -0.15) is 0 Å². The number of carbonyl (C=O) groups is 2. The van der Waals surface area contributed by atoms with Gasteiger partial charge in [0.1, 0.15) is 6.54 Å². The fraction of sp³-hybridized carbons (Fsp3) is 0.833. The van der Waals surface area contributed by atoms with Gasteiger partial charge in [-0.15, -0.1) is 0 Å². The quantitative estimate of drug-likeness (QED) is 0.774. The molecule has 0 aromatic heterocycles. The van der Waals surface area contributed by atoms with Gasteiger partial charge in [-0.1, -0.05) is 12.8 Å². The number of nitrogens with one attached hydrogen (secondary N) is 2. The van der Waals surface area contributed by atoms with E-state index in [9.17, 15) is 9.59 Å². The number of rotatable bonds is 4. The highest BCUT2D eigenvalue weighted by Gasteiger charge is 2.20. The van der Waals surface area contributed by atoms with Gasteiger partial charge >= 0.3 is 6.03 Å². The molecule has 5 nitrogen and oxygen atoms in total. The predicted octanol–water partition coefficient (Wildman–Crippen LogP) is 1.09. The summed E-state index contributed by atoms with van der Waals surface area (Å²) in [5.74, 6) is -0.121. The van der Waals surface area contributed by atoms with Crippen LogP contribution >= 0.6 is 0 Å². The zero-order valence-electron chi connectivity index (χ0n) is 11.0. The van der Waals surface area contributed by atoms with Crippen molar-refractivity contribution in [2.45, 2.75) is 51.6 Å². The summed E-state index contributed by atoms with van der Waals surface area (Å²) in [7, 11) is 1.64. The first kappa shape index (κ1) is 13.8. The van der Waals surface area contributed by atoms with Crippen LogP contribution in [0.5, 0.6) is 0 Å². The minimum Gasteiger partial charge on any atom is -0.352 e. The molecule has 1 fully saturated rings. The Labute approximate surface area is 103 Å². The molecule has 3 amide bonds. The normalized spacial score (nSPS) is 16.0. The van der Waals surface area contributed by atoms with E-state index in [0.717, 1.165) is 12.8 Å². The van der Waals surface area contributed by atoms with Gasteiger partial charge in [-0.25, -0.2) is 4.79 Å². The zero-order valence-corrected chi connectivity index (χ0v) is 11.0. The average molecular weight is 241 g/mol. The summed E-state index contributed by atoms with van der Waals surface area (Å²) in [6, 6.07) is 0.239. The van der Waals surface area contributed by atoms with Gasteiger partial charge < -0.3 is 15.5 Å².